The largest absolute Gasteiger partial charge is 0.443 e. The number of carbonyl (C=O) groups is 1. The van der Waals surface area contributed by atoms with Crippen LogP contribution in [0, 0.1) is 0 Å². The van der Waals surface area contributed by atoms with Crippen molar-refractivity contribution in [3.63, 3.8) is 0 Å². The molecule has 0 aliphatic rings. The van der Waals surface area contributed by atoms with Crippen LogP contribution < -0.4 is 0 Å². The Morgan fingerprint density at radius 2 is 1.84 bits per heavy atom. The van der Waals surface area contributed by atoms with Gasteiger partial charge in [-0.3, -0.25) is 4.79 Å². The van der Waals surface area contributed by atoms with Crippen molar-refractivity contribution in [1.29, 1.82) is 0 Å². The molecule has 1 aromatic heterocycles. The van der Waals surface area contributed by atoms with Gasteiger partial charge < -0.3 is 4.42 Å². The molecule has 3 rings (SSSR count). The van der Waals surface area contributed by atoms with Crippen LogP contribution >= 0.6 is 0 Å². The number of ketones is 1. The molecule has 0 aliphatic heterocycles. The topological polar surface area (TPSA) is 43.1 Å². The Labute approximate surface area is 149 Å². The number of Topliss-reactive ketones (excluding diaryl/α,β-unsaturated/α-hetero) is 1. The maximum atomic E-state index is 12.6. The van der Waals surface area contributed by atoms with E-state index in [1.54, 1.807) is 0 Å². The van der Waals surface area contributed by atoms with Gasteiger partial charge in [-0.05, 0) is 40.7 Å². The first kappa shape index (κ1) is 17.4. The highest BCUT2D eigenvalue weighted by Crippen LogP contribution is 2.24. The monoisotopic (exact) mass is 335 g/mol. The molecule has 2 aromatic carbocycles. The fourth-order valence-corrected chi connectivity index (χ4v) is 2.99. The van der Waals surface area contributed by atoms with Crippen LogP contribution in [0.3, 0.4) is 0 Å². The number of carbonyl (C=O) groups excluding carboxylic acids is 1. The van der Waals surface area contributed by atoms with E-state index in [1.165, 1.54) is 17.5 Å². The van der Waals surface area contributed by atoms with Gasteiger partial charge >= 0.3 is 0 Å². The van der Waals surface area contributed by atoms with Crippen molar-refractivity contribution in [3.05, 3.63) is 65.5 Å². The molecule has 0 spiro atoms. The molecule has 25 heavy (non-hydrogen) atoms. The molecule has 3 aromatic rings. The van der Waals surface area contributed by atoms with Crippen LogP contribution in [0.25, 0.3) is 11.1 Å². The van der Waals surface area contributed by atoms with Gasteiger partial charge in [0.1, 0.15) is 11.3 Å². The molecule has 0 N–H and O–H groups in total. The van der Waals surface area contributed by atoms with Gasteiger partial charge in [0, 0.05) is 12.3 Å². The van der Waals surface area contributed by atoms with Gasteiger partial charge in [-0.25, -0.2) is 4.98 Å². The van der Waals surface area contributed by atoms with E-state index in [9.17, 15) is 4.79 Å². The zero-order chi connectivity index (χ0) is 18.0. The number of hydrogen-bond acceptors (Lipinski definition) is 3. The van der Waals surface area contributed by atoms with Crippen LogP contribution in [0.2, 0.25) is 0 Å². The van der Waals surface area contributed by atoms with Crippen LogP contribution in [-0.4, -0.2) is 10.8 Å². The highest BCUT2D eigenvalue weighted by Gasteiger charge is 2.17. The molecule has 0 aliphatic carbocycles. The van der Waals surface area contributed by atoms with E-state index >= 15 is 0 Å². The quantitative estimate of drug-likeness (QED) is 0.624. The first-order chi connectivity index (χ1) is 11.8. The summed E-state index contributed by atoms with van der Waals surface area (Å²) >= 11 is 0. The second-order valence-electron chi connectivity index (χ2n) is 7.71. The van der Waals surface area contributed by atoms with Crippen molar-refractivity contribution in [3.8, 4) is 0 Å². The van der Waals surface area contributed by atoms with Crippen LogP contribution in [0.5, 0.6) is 0 Å². The van der Waals surface area contributed by atoms with Crippen molar-refractivity contribution in [1.82, 2.24) is 4.98 Å². The van der Waals surface area contributed by atoms with E-state index in [-0.39, 0.29) is 17.1 Å². The lowest BCUT2D eigenvalue weighted by Crippen LogP contribution is -2.11. The predicted molar refractivity (Wildman–Crippen MR) is 101 cm³/mol. The zero-order valence-corrected chi connectivity index (χ0v) is 15.4. The van der Waals surface area contributed by atoms with Crippen LogP contribution in [-0.2, 0) is 16.6 Å². The van der Waals surface area contributed by atoms with Crippen molar-refractivity contribution in [2.75, 3.05) is 0 Å². The second kappa shape index (κ2) is 6.83. The summed E-state index contributed by atoms with van der Waals surface area (Å²) in [6, 6.07) is 14.4. The average molecular weight is 335 g/mol. The highest BCUT2D eigenvalue weighted by atomic mass is 16.3. The average Bonchev–Trinajstić information content (AvgIpc) is 3.06. The SMILES string of the molecule is CC(C(=O)CCc1ccc(C(C)(C)C)cc1)c1ccc2ocnc2c1. The summed E-state index contributed by atoms with van der Waals surface area (Å²) < 4.78 is 5.26. The molecule has 0 amide bonds. The molecule has 130 valence electrons. The number of fused-ring (bicyclic) bond motifs is 1. The minimum Gasteiger partial charge on any atom is -0.443 e. The van der Waals surface area contributed by atoms with E-state index < -0.39 is 0 Å². The lowest BCUT2D eigenvalue weighted by Gasteiger charge is -2.19. The van der Waals surface area contributed by atoms with E-state index in [1.807, 2.05) is 25.1 Å². The Bertz CT molecular complexity index is 869. The maximum Gasteiger partial charge on any atom is 0.181 e. The van der Waals surface area contributed by atoms with Crippen molar-refractivity contribution < 1.29 is 9.21 Å². The third-order valence-electron chi connectivity index (χ3n) is 4.82. The Morgan fingerprint density at radius 1 is 1.12 bits per heavy atom. The first-order valence-corrected chi connectivity index (χ1v) is 8.80. The fourth-order valence-electron chi connectivity index (χ4n) is 2.99. The molecular formula is C22H25NO2. The highest BCUT2D eigenvalue weighted by molar-refractivity contribution is 5.86. The molecule has 0 saturated carbocycles. The van der Waals surface area contributed by atoms with Crippen LogP contribution in [0.4, 0.5) is 0 Å². The van der Waals surface area contributed by atoms with E-state index in [2.05, 4.69) is 50.0 Å². The fraction of sp³-hybridized carbons (Fsp3) is 0.364. The molecule has 1 atom stereocenters. The number of oxazole rings is 1. The summed E-state index contributed by atoms with van der Waals surface area (Å²) in [6.07, 6.45) is 2.76. The second-order valence-corrected chi connectivity index (χ2v) is 7.71. The summed E-state index contributed by atoms with van der Waals surface area (Å²) in [5, 5.41) is 0. The molecule has 0 saturated heterocycles. The van der Waals surface area contributed by atoms with Gasteiger partial charge in [0.05, 0.1) is 0 Å². The van der Waals surface area contributed by atoms with Crippen LogP contribution in [0.1, 0.15) is 56.7 Å². The predicted octanol–water partition coefficient (Wildman–Crippen LogP) is 5.43. The zero-order valence-electron chi connectivity index (χ0n) is 15.4. The summed E-state index contributed by atoms with van der Waals surface area (Å²) in [5.41, 5.74) is 5.23. The number of aryl methyl sites for hydroxylation is 1. The smallest absolute Gasteiger partial charge is 0.181 e. The molecule has 1 unspecified atom stereocenters. The lowest BCUT2D eigenvalue weighted by molar-refractivity contribution is -0.120. The van der Waals surface area contributed by atoms with E-state index in [0.717, 1.165) is 23.1 Å². The number of rotatable bonds is 5. The van der Waals surface area contributed by atoms with Gasteiger partial charge in [-0.15, -0.1) is 0 Å². The Kier molecular flexibility index (Phi) is 4.76. The van der Waals surface area contributed by atoms with Crippen molar-refractivity contribution >= 4 is 16.9 Å². The van der Waals surface area contributed by atoms with Gasteiger partial charge in [0.2, 0.25) is 0 Å². The standard InChI is InChI=1S/C22H25NO2/c1-15(17-8-12-21-19(13-17)23-14-25-21)20(24)11-7-16-5-9-18(10-6-16)22(2,3)4/h5-6,8-10,12-15H,7,11H2,1-4H3. The summed E-state index contributed by atoms with van der Waals surface area (Å²) in [5.74, 6) is 0.123. The minimum atomic E-state index is -0.130. The molecule has 0 bridgehead atoms. The molecule has 1 heterocycles. The molecule has 3 nitrogen and oxygen atoms in total. The van der Waals surface area contributed by atoms with Gasteiger partial charge in [-0.1, -0.05) is 58.0 Å². The van der Waals surface area contributed by atoms with Gasteiger partial charge in [-0.2, -0.15) is 0 Å². The summed E-state index contributed by atoms with van der Waals surface area (Å²) in [4.78, 5) is 16.7. The molecule has 3 heteroatoms. The maximum absolute atomic E-state index is 12.6. The Morgan fingerprint density at radius 3 is 2.52 bits per heavy atom. The van der Waals surface area contributed by atoms with E-state index in [4.69, 9.17) is 4.42 Å². The normalized spacial score (nSPS) is 13.1. The molecule has 0 fully saturated rings. The Balaban J connectivity index is 1.63. The van der Waals surface area contributed by atoms with E-state index in [0.29, 0.717) is 6.42 Å². The van der Waals surface area contributed by atoms with Crippen molar-refractivity contribution in [2.24, 2.45) is 0 Å². The third kappa shape index (κ3) is 3.98. The molecule has 0 radical (unpaired) electrons. The summed E-state index contributed by atoms with van der Waals surface area (Å²) in [6.45, 7) is 8.59. The first-order valence-electron chi connectivity index (χ1n) is 8.80. The van der Waals surface area contributed by atoms with Gasteiger partial charge in [0.25, 0.3) is 0 Å². The van der Waals surface area contributed by atoms with Crippen LogP contribution in [0.15, 0.2) is 53.3 Å². The number of hydrogen-bond donors (Lipinski definition) is 0. The number of nitrogens with zero attached hydrogens (tertiary/aromatic N) is 1. The minimum absolute atomic E-state index is 0.130. The third-order valence-corrected chi connectivity index (χ3v) is 4.82. The van der Waals surface area contributed by atoms with Crippen molar-refractivity contribution in [2.45, 2.75) is 51.9 Å². The number of aromatic nitrogens is 1. The lowest BCUT2D eigenvalue weighted by atomic mass is 9.86. The number of benzene rings is 2. The molecular weight excluding hydrogens is 310 g/mol. The Hall–Kier alpha value is -2.42. The summed E-state index contributed by atoms with van der Waals surface area (Å²) in [7, 11) is 0. The van der Waals surface area contributed by atoms with Gasteiger partial charge in [0.15, 0.2) is 12.0 Å².